The highest BCUT2D eigenvalue weighted by Gasteiger charge is 2.32. The van der Waals surface area contributed by atoms with Crippen LogP contribution in [0.2, 0.25) is 0 Å². The van der Waals surface area contributed by atoms with Gasteiger partial charge in [0.1, 0.15) is 18.1 Å². The Bertz CT molecular complexity index is 1690. The first-order valence-corrected chi connectivity index (χ1v) is 14.6. The van der Waals surface area contributed by atoms with Gasteiger partial charge in [0.15, 0.2) is 0 Å². The van der Waals surface area contributed by atoms with Crippen molar-refractivity contribution in [2.45, 2.75) is 63.7 Å². The Balaban J connectivity index is 1.53. The van der Waals surface area contributed by atoms with Crippen LogP contribution in [0.4, 0.5) is 0 Å². The van der Waals surface area contributed by atoms with Crippen LogP contribution in [0.25, 0.3) is 21.8 Å². The van der Waals surface area contributed by atoms with Gasteiger partial charge in [0.05, 0.1) is 12.5 Å². The van der Waals surface area contributed by atoms with Gasteiger partial charge in [-0.15, -0.1) is 0 Å². The summed E-state index contributed by atoms with van der Waals surface area (Å²) in [5, 5.41) is 28.4. The van der Waals surface area contributed by atoms with Crippen molar-refractivity contribution in [1.29, 1.82) is 0 Å². The Morgan fingerprint density at radius 1 is 0.711 bits per heavy atom. The van der Waals surface area contributed by atoms with E-state index in [9.17, 15) is 34.2 Å². The van der Waals surface area contributed by atoms with Crippen LogP contribution in [0.15, 0.2) is 60.9 Å². The predicted molar refractivity (Wildman–Crippen MR) is 167 cm³/mol. The van der Waals surface area contributed by atoms with Crippen molar-refractivity contribution in [3.63, 3.8) is 0 Å². The molecule has 9 N–H and O–H groups in total. The Hall–Kier alpha value is -5.17. The molecule has 0 aliphatic heterocycles. The van der Waals surface area contributed by atoms with Crippen LogP contribution >= 0.6 is 0 Å². The summed E-state index contributed by atoms with van der Waals surface area (Å²) >= 11 is 0. The van der Waals surface area contributed by atoms with E-state index in [1.807, 2.05) is 62.4 Å². The van der Waals surface area contributed by atoms with Gasteiger partial charge in [0.25, 0.3) is 0 Å². The van der Waals surface area contributed by atoms with Gasteiger partial charge < -0.3 is 41.9 Å². The highest BCUT2D eigenvalue weighted by atomic mass is 16.4. The summed E-state index contributed by atoms with van der Waals surface area (Å²) in [6.45, 7) is 3.63. The van der Waals surface area contributed by atoms with Gasteiger partial charge in [-0.2, -0.15) is 0 Å². The van der Waals surface area contributed by atoms with E-state index in [0.717, 1.165) is 27.4 Å². The fourth-order valence-corrected chi connectivity index (χ4v) is 5.26. The van der Waals surface area contributed by atoms with Crippen molar-refractivity contribution >= 4 is 51.5 Å². The summed E-state index contributed by atoms with van der Waals surface area (Å²) in [6.07, 6.45) is 2.88. The van der Waals surface area contributed by atoms with Gasteiger partial charge in [-0.3, -0.25) is 19.2 Å². The minimum atomic E-state index is -1.56. The average molecular weight is 619 g/mol. The van der Waals surface area contributed by atoms with Crippen LogP contribution in [-0.2, 0) is 36.8 Å². The van der Waals surface area contributed by atoms with Gasteiger partial charge in [-0.05, 0) is 42.0 Å². The number of H-pyrrole nitrogens is 2. The largest absolute Gasteiger partial charge is 0.481 e. The first-order valence-electron chi connectivity index (χ1n) is 14.6. The molecule has 45 heavy (non-hydrogen) atoms. The third-order valence-corrected chi connectivity index (χ3v) is 7.52. The summed E-state index contributed by atoms with van der Waals surface area (Å²) in [4.78, 5) is 69.8. The van der Waals surface area contributed by atoms with Crippen LogP contribution in [-0.4, -0.2) is 74.0 Å². The molecule has 0 radical (unpaired) electrons. The number of carboxylic acids is 2. The Morgan fingerprint density at radius 3 is 1.73 bits per heavy atom. The van der Waals surface area contributed by atoms with Crippen molar-refractivity contribution in [2.75, 3.05) is 0 Å². The zero-order valence-corrected chi connectivity index (χ0v) is 25.0. The zero-order valence-electron chi connectivity index (χ0n) is 25.0. The van der Waals surface area contributed by atoms with Gasteiger partial charge in [-0.25, -0.2) is 4.79 Å². The zero-order chi connectivity index (χ0) is 32.7. The summed E-state index contributed by atoms with van der Waals surface area (Å²) in [5.74, 6) is -5.08. The molecular formula is C32H38N6O7. The number of para-hydroxylation sites is 2. The number of aliphatic carboxylic acids is 2. The van der Waals surface area contributed by atoms with Crippen LogP contribution in [0.1, 0.15) is 37.8 Å². The van der Waals surface area contributed by atoms with E-state index in [4.69, 9.17) is 5.73 Å². The number of hydrogen-bond donors (Lipinski definition) is 8. The number of fused-ring (bicyclic) bond motifs is 2. The third-order valence-electron chi connectivity index (χ3n) is 7.52. The number of amides is 3. The molecule has 0 saturated carbocycles. The minimum absolute atomic E-state index is 0.0383. The quantitative estimate of drug-likeness (QED) is 0.0980. The molecule has 4 aromatic rings. The molecule has 13 nitrogen and oxygen atoms in total. The summed E-state index contributed by atoms with van der Waals surface area (Å²) in [5.41, 5.74) is 9.26. The second-order valence-corrected chi connectivity index (χ2v) is 11.5. The molecule has 4 rings (SSSR count). The molecule has 0 spiro atoms. The fraction of sp³-hybridized carbons (Fsp3) is 0.344. The molecule has 238 valence electrons. The van der Waals surface area contributed by atoms with Crippen molar-refractivity contribution in [1.82, 2.24) is 25.9 Å². The predicted octanol–water partition coefficient (Wildman–Crippen LogP) is 1.82. The monoisotopic (exact) mass is 618 g/mol. The second kappa shape index (κ2) is 14.5. The van der Waals surface area contributed by atoms with E-state index in [1.54, 1.807) is 12.4 Å². The Kier molecular flexibility index (Phi) is 10.6. The van der Waals surface area contributed by atoms with Gasteiger partial charge >= 0.3 is 11.9 Å². The van der Waals surface area contributed by atoms with Crippen molar-refractivity contribution < 1.29 is 34.2 Å². The number of nitrogens with two attached hydrogens (primary N) is 1. The molecule has 4 atom stereocenters. The number of hydrogen-bond acceptors (Lipinski definition) is 6. The molecule has 0 bridgehead atoms. The van der Waals surface area contributed by atoms with Gasteiger partial charge in [0, 0.05) is 40.6 Å². The molecule has 0 aliphatic rings. The number of aromatic amines is 2. The number of aromatic nitrogens is 2. The first kappa shape index (κ1) is 32.7. The highest BCUT2D eigenvalue weighted by molar-refractivity contribution is 5.96. The molecule has 13 heteroatoms. The summed E-state index contributed by atoms with van der Waals surface area (Å²) < 4.78 is 0. The van der Waals surface area contributed by atoms with E-state index in [1.165, 1.54) is 0 Å². The van der Waals surface area contributed by atoms with Crippen molar-refractivity contribution in [2.24, 2.45) is 11.7 Å². The highest BCUT2D eigenvalue weighted by Crippen LogP contribution is 2.20. The Morgan fingerprint density at radius 2 is 1.20 bits per heavy atom. The number of carbonyl (C=O) groups is 5. The number of benzene rings is 2. The smallest absolute Gasteiger partial charge is 0.326 e. The molecule has 0 fully saturated rings. The molecule has 0 aliphatic carbocycles. The van der Waals surface area contributed by atoms with E-state index in [0.29, 0.717) is 5.56 Å². The SMILES string of the molecule is CC(C)CC(NC(=O)C(Cc1c[nH]c2ccccc12)NC(=O)C(CC(=O)O)NC(=O)C(N)Cc1c[nH]c2ccccc12)C(=O)O. The summed E-state index contributed by atoms with van der Waals surface area (Å²) in [6, 6.07) is 9.62. The van der Waals surface area contributed by atoms with E-state index < -0.39 is 60.2 Å². The van der Waals surface area contributed by atoms with Gasteiger partial charge in [0.2, 0.25) is 17.7 Å². The topological polar surface area (TPSA) is 220 Å². The lowest BCUT2D eigenvalue weighted by atomic mass is 10.0. The first-order chi connectivity index (χ1) is 21.4. The van der Waals surface area contributed by atoms with E-state index >= 15 is 0 Å². The standard InChI is InChI=1S/C32H38N6O7/c1-17(2)11-27(32(44)45)38-30(42)25(13-19-16-35-24-10-6-4-8-21(19)24)37-31(43)26(14-28(39)40)36-29(41)22(33)12-18-15-34-23-9-5-3-7-20(18)23/h3-10,15-17,22,25-27,34-35H,11-14,33H2,1-2H3,(H,36,41)(H,37,43)(H,38,42)(H,39,40)(H,44,45). The maximum atomic E-state index is 13.5. The van der Waals surface area contributed by atoms with E-state index in [2.05, 4.69) is 25.9 Å². The molecule has 2 heterocycles. The lowest BCUT2D eigenvalue weighted by Crippen LogP contribution is -2.58. The van der Waals surface area contributed by atoms with Gasteiger partial charge in [-0.1, -0.05) is 50.2 Å². The third kappa shape index (κ3) is 8.48. The number of rotatable bonds is 15. The van der Waals surface area contributed by atoms with Crippen molar-refractivity contribution in [3.8, 4) is 0 Å². The molecule has 3 amide bonds. The van der Waals surface area contributed by atoms with Crippen LogP contribution in [0.3, 0.4) is 0 Å². The molecule has 0 saturated heterocycles. The number of carbonyl (C=O) groups excluding carboxylic acids is 3. The maximum Gasteiger partial charge on any atom is 0.326 e. The normalized spacial score (nSPS) is 14.0. The van der Waals surface area contributed by atoms with E-state index in [-0.39, 0.29) is 25.2 Å². The maximum absolute atomic E-state index is 13.5. The average Bonchev–Trinajstić information content (AvgIpc) is 3.59. The molecule has 4 unspecified atom stereocenters. The van der Waals surface area contributed by atoms with Crippen LogP contribution < -0.4 is 21.7 Å². The van der Waals surface area contributed by atoms with Crippen LogP contribution in [0, 0.1) is 5.92 Å². The lowest BCUT2D eigenvalue weighted by molar-refractivity contribution is -0.143. The van der Waals surface area contributed by atoms with Crippen molar-refractivity contribution in [3.05, 3.63) is 72.1 Å². The fourth-order valence-electron chi connectivity index (χ4n) is 5.26. The summed E-state index contributed by atoms with van der Waals surface area (Å²) in [7, 11) is 0. The minimum Gasteiger partial charge on any atom is -0.481 e. The second-order valence-electron chi connectivity index (χ2n) is 11.5. The molecular weight excluding hydrogens is 580 g/mol. The number of carboxylic acid groups (broad SMARTS) is 2. The van der Waals surface area contributed by atoms with Crippen LogP contribution in [0.5, 0.6) is 0 Å². The molecule has 2 aromatic carbocycles. The molecule has 2 aromatic heterocycles. The Labute approximate surface area is 258 Å². The number of nitrogens with one attached hydrogen (secondary N) is 5. The lowest BCUT2D eigenvalue weighted by Gasteiger charge is -2.25.